The Balaban J connectivity index is 3.27. The van der Waals surface area contributed by atoms with Gasteiger partial charge in [0.05, 0.1) is 0 Å². The summed E-state index contributed by atoms with van der Waals surface area (Å²) in [5.74, 6) is -3.75. The van der Waals surface area contributed by atoms with Gasteiger partial charge in [-0.2, -0.15) is 0 Å². The first-order chi connectivity index (χ1) is 5.54. The zero-order valence-electron chi connectivity index (χ0n) is 6.87. The van der Waals surface area contributed by atoms with Crippen molar-refractivity contribution < 1.29 is 13.2 Å². The molecule has 0 atom stereocenters. The molecular weight excluding hydrogens is 165 g/mol. The molecule has 0 N–H and O–H groups in total. The Labute approximate surface area is 69.0 Å². The van der Waals surface area contributed by atoms with Crippen molar-refractivity contribution in [2.75, 3.05) is 0 Å². The lowest BCUT2D eigenvalue weighted by molar-refractivity contribution is 0.438. The maximum Gasteiger partial charge on any atom is 0.194 e. The Morgan fingerprint density at radius 3 is 2.08 bits per heavy atom. The van der Waals surface area contributed by atoms with Crippen molar-refractivity contribution in [3.8, 4) is 0 Å². The second-order valence-electron chi connectivity index (χ2n) is 2.92. The zero-order valence-corrected chi connectivity index (χ0v) is 6.87. The predicted molar refractivity (Wildman–Crippen MR) is 40.4 cm³/mol. The van der Waals surface area contributed by atoms with Crippen LogP contribution in [0.1, 0.15) is 25.3 Å². The van der Waals surface area contributed by atoms with E-state index >= 15 is 0 Å². The summed E-state index contributed by atoms with van der Waals surface area (Å²) < 4.78 is 37.9. The monoisotopic (exact) mass is 174 g/mol. The first-order valence-electron chi connectivity index (χ1n) is 3.67. The van der Waals surface area contributed by atoms with Crippen LogP contribution in [0.25, 0.3) is 0 Å². The van der Waals surface area contributed by atoms with Gasteiger partial charge in [0.25, 0.3) is 0 Å². The van der Waals surface area contributed by atoms with Crippen LogP contribution >= 0.6 is 0 Å². The van der Waals surface area contributed by atoms with E-state index in [0.29, 0.717) is 0 Å². The molecule has 3 heteroatoms. The third-order valence-electron chi connectivity index (χ3n) is 1.69. The van der Waals surface area contributed by atoms with Crippen molar-refractivity contribution in [2.24, 2.45) is 0 Å². The molecule has 1 rings (SSSR count). The summed E-state index contributed by atoms with van der Waals surface area (Å²) in [7, 11) is 0. The molecule has 0 bridgehead atoms. The largest absolute Gasteiger partial charge is 0.204 e. The van der Waals surface area contributed by atoms with Crippen LogP contribution in [0.15, 0.2) is 12.1 Å². The smallest absolute Gasteiger partial charge is 0.194 e. The Hall–Kier alpha value is -0.990. The molecule has 0 radical (unpaired) electrons. The van der Waals surface area contributed by atoms with E-state index in [0.717, 1.165) is 6.07 Å². The Morgan fingerprint density at radius 1 is 1.00 bits per heavy atom. The van der Waals surface area contributed by atoms with Crippen LogP contribution in [0.2, 0.25) is 0 Å². The van der Waals surface area contributed by atoms with Gasteiger partial charge < -0.3 is 0 Å². The molecule has 0 saturated carbocycles. The highest BCUT2D eigenvalue weighted by molar-refractivity contribution is 5.22. The van der Waals surface area contributed by atoms with Gasteiger partial charge in [0.2, 0.25) is 0 Å². The number of hydrogen-bond donors (Lipinski definition) is 0. The molecule has 0 heterocycles. The van der Waals surface area contributed by atoms with E-state index in [2.05, 4.69) is 0 Å². The van der Waals surface area contributed by atoms with Crippen molar-refractivity contribution in [2.45, 2.75) is 19.8 Å². The standard InChI is InChI=1S/C9H9F3/c1-5(2)6-3-4-7(10)9(12)8(6)11/h3-5H,1-2H3. The van der Waals surface area contributed by atoms with Crippen molar-refractivity contribution in [1.82, 2.24) is 0 Å². The van der Waals surface area contributed by atoms with Gasteiger partial charge in [-0.25, -0.2) is 13.2 Å². The minimum Gasteiger partial charge on any atom is -0.204 e. The minimum atomic E-state index is -1.39. The highest BCUT2D eigenvalue weighted by Crippen LogP contribution is 2.21. The summed E-state index contributed by atoms with van der Waals surface area (Å²) in [4.78, 5) is 0. The van der Waals surface area contributed by atoms with Crippen molar-refractivity contribution in [3.05, 3.63) is 35.1 Å². The predicted octanol–water partition coefficient (Wildman–Crippen LogP) is 3.23. The summed E-state index contributed by atoms with van der Waals surface area (Å²) >= 11 is 0. The van der Waals surface area contributed by atoms with E-state index in [-0.39, 0.29) is 11.5 Å². The maximum atomic E-state index is 12.9. The second-order valence-corrected chi connectivity index (χ2v) is 2.92. The molecule has 0 saturated heterocycles. The average molecular weight is 174 g/mol. The summed E-state index contributed by atoms with van der Waals surface area (Å²) in [6.45, 7) is 3.44. The van der Waals surface area contributed by atoms with Crippen molar-refractivity contribution in [3.63, 3.8) is 0 Å². The lowest BCUT2D eigenvalue weighted by Gasteiger charge is -2.06. The third kappa shape index (κ3) is 1.44. The summed E-state index contributed by atoms with van der Waals surface area (Å²) in [6.07, 6.45) is 0. The molecule has 1 aromatic rings. The molecule has 0 amide bonds. The molecule has 0 aliphatic heterocycles. The van der Waals surface area contributed by atoms with E-state index in [4.69, 9.17) is 0 Å². The molecule has 1 aromatic carbocycles. The first-order valence-corrected chi connectivity index (χ1v) is 3.67. The van der Waals surface area contributed by atoms with Crippen molar-refractivity contribution >= 4 is 0 Å². The van der Waals surface area contributed by atoms with Crippen LogP contribution in [0.3, 0.4) is 0 Å². The van der Waals surface area contributed by atoms with Crippen LogP contribution in [0, 0.1) is 17.5 Å². The maximum absolute atomic E-state index is 12.9. The molecule has 0 aliphatic carbocycles. The Morgan fingerprint density at radius 2 is 1.58 bits per heavy atom. The van der Waals surface area contributed by atoms with Crippen LogP contribution in [-0.2, 0) is 0 Å². The van der Waals surface area contributed by atoms with Crippen LogP contribution in [0.5, 0.6) is 0 Å². The highest BCUT2D eigenvalue weighted by atomic mass is 19.2. The number of hydrogen-bond acceptors (Lipinski definition) is 0. The average Bonchev–Trinajstić information content (AvgIpc) is 2.00. The van der Waals surface area contributed by atoms with E-state index in [9.17, 15) is 13.2 Å². The first kappa shape index (κ1) is 9.10. The second kappa shape index (κ2) is 3.17. The SMILES string of the molecule is CC(C)c1ccc(F)c(F)c1F. The van der Waals surface area contributed by atoms with Crippen LogP contribution < -0.4 is 0 Å². The molecule has 0 nitrogen and oxygen atoms in total. The fourth-order valence-corrected chi connectivity index (χ4v) is 0.987. The zero-order chi connectivity index (χ0) is 9.30. The van der Waals surface area contributed by atoms with Gasteiger partial charge in [0, 0.05) is 0 Å². The molecule has 0 fully saturated rings. The lowest BCUT2D eigenvalue weighted by Crippen LogP contribution is -1.98. The Bertz CT molecular complexity index is 292. The van der Waals surface area contributed by atoms with Gasteiger partial charge in [0.15, 0.2) is 17.5 Å². The molecule has 66 valence electrons. The molecule has 0 aliphatic rings. The summed E-state index contributed by atoms with van der Waals surface area (Å²) in [5, 5.41) is 0. The van der Waals surface area contributed by atoms with Gasteiger partial charge in [-0.05, 0) is 17.5 Å². The lowest BCUT2D eigenvalue weighted by atomic mass is 10.0. The summed E-state index contributed by atoms with van der Waals surface area (Å²) in [5.41, 5.74) is 0.203. The fourth-order valence-electron chi connectivity index (χ4n) is 0.987. The number of benzene rings is 1. The van der Waals surface area contributed by atoms with Gasteiger partial charge in [-0.3, -0.25) is 0 Å². The van der Waals surface area contributed by atoms with E-state index < -0.39 is 17.5 Å². The number of halogens is 3. The highest BCUT2D eigenvalue weighted by Gasteiger charge is 2.14. The van der Waals surface area contributed by atoms with Gasteiger partial charge in [-0.15, -0.1) is 0 Å². The molecule has 0 unspecified atom stereocenters. The normalized spacial score (nSPS) is 10.8. The molecule has 0 spiro atoms. The topological polar surface area (TPSA) is 0 Å². The van der Waals surface area contributed by atoms with Crippen molar-refractivity contribution in [1.29, 1.82) is 0 Å². The minimum absolute atomic E-state index is 0.139. The van der Waals surface area contributed by atoms with E-state index in [1.165, 1.54) is 6.07 Å². The molecule has 0 aromatic heterocycles. The Kier molecular flexibility index (Phi) is 2.40. The fraction of sp³-hybridized carbons (Fsp3) is 0.333. The van der Waals surface area contributed by atoms with E-state index in [1.54, 1.807) is 13.8 Å². The third-order valence-corrected chi connectivity index (χ3v) is 1.69. The van der Waals surface area contributed by atoms with Gasteiger partial charge in [-0.1, -0.05) is 19.9 Å². The van der Waals surface area contributed by atoms with Crippen LogP contribution in [-0.4, -0.2) is 0 Å². The number of rotatable bonds is 1. The van der Waals surface area contributed by atoms with Gasteiger partial charge >= 0.3 is 0 Å². The molecular formula is C9H9F3. The van der Waals surface area contributed by atoms with Gasteiger partial charge in [0.1, 0.15) is 0 Å². The summed E-state index contributed by atoms with van der Waals surface area (Å²) in [6, 6.07) is 2.20. The van der Waals surface area contributed by atoms with E-state index in [1.807, 2.05) is 0 Å². The van der Waals surface area contributed by atoms with Crippen LogP contribution in [0.4, 0.5) is 13.2 Å². The molecule has 12 heavy (non-hydrogen) atoms. The quantitative estimate of drug-likeness (QED) is 0.573.